The van der Waals surface area contributed by atoms with E-state index in [1.54, 1.807) is 19.0 Å². The van der Waals surface area contributed by atoms with Gasteiger partial charge in [-0.05, 0) is 18.2 Å². The van der Waals surface area contributed by atoms with Crippen molar-refractivity contribution in [3.8, 4) is 0 Å². The first-order valence-corrected chi connectivity index (χ1v) is 9.01. The van der Waals surface area contributed by atoms with Gasteiger partial charge in [0.05, 0.1) is 27.8 Å². The first-order valence-electron chi connectivity index (χ1n) is 7.48. The SMILES string of the molecule is CN(C)c1nc(N)nc(CSCC(=O)Nc2cc(C(F)(F)F)ccc2Cl)n1. The summed E-state index contributed by atoms with van der Waals surface area (Å²) in [7, 11) is 3.50. The Hall–Kier alpha value is -2.27. The summed E-state index contributed by atoms with van der Waals surface area (Å²) in [6.45, 7) is 0. The number of amides is 1. The number of anilines is 3. The predicted molar refractivity (Wildman–Crippen MR) is 99.8 cm³/mol. The molecule has 0 aliphatic carbocycles. The highest BCUT2D eigenvalue weighted by atomic mass is 35.5. The Bertz CT molecular complexity index is 834. The van der Waals surface area contributed by atoms with Crippen LogP contribution < -0.4 is 16.0 Å². The average Bonchev–Trinajstić information content (AvgIpc) is 2.55. The van der Waals surface area contributed by atoms with E-state index in [1.165, 1.54) is 11.8 Å². The maximum Gasteiger partial charge on any atom is 0.416 e. The summed E-state index contributed by atoms with van der Waals surface area (Å²) in [5, 5.41) is 2.39. The van der Waals surface area contributed by atoms with E-state index in [9.17, 15) is 18.0 Å². The maximum atomic E-state index is 12.8. The third-order valence-corrected chi connectivity index (χ3v) is 4.38. The van der Waals surface area contributed by atoms with Crippen molar-refractivity contribution in [1.82, 2.24) is 15.0 Å². The molecule has 1 amide bonds. The molecule has 27 heavy (non-hydrogen) atoms. The van der Waals surface area contributed by atoms with Gasteiger partial charge in [-0.3, -0.25) is 4.79 Å². The van der Waals surface area contributed by atoms with Crippen LogP contribution in [0.25, 0.3) is 0 Å². The second-order valence-electron chi connectivity index (χ2n) is 5.54. The molecule has 3 N–H and O–H groups in total. The van der Waals surface area contributed by atoms with Crippen molar-refractivity contribution >= 4 is 46.9 Å². The van der Waals surface area contributed by atoms with Gasteiger partial charge < -0.3 is 16.0 Å². The van der Waals surface area contributed by atoms with Crippen LogP contribution in [-0.2, 0) is 16.7 Å². The van der Waals surface area contributed by atoms with Gasteiger partial charge >= 0.3 is 6.18 Å². The molecule has 0 spiro atoms. The van der Waals surface area contributed by atoms with Gasteiger partial charge in [0.25, 0.3) is 0 Å². The van der Waals surface area contributed by atoms with Crippen molar-refractivity contribution in [2.75, 3.05) is 35.8 Å². The minimum absolute atomic E-state index is 0.0159. The van der Waals surface area contributed by atoms with Crippen LogP contribution in [-0.4, -0.2) is 40.7 Å². The first-order chi connectivity index (χ1) is 12.6. The molecule has 0 saturated carbocycles. The van der Waals surface area contributed by atoms with Crippen molar-refractivity contribution in [2.24, 2.45) is 0 Å². The molecule has 7 nitrogen and oxygen atoms in total. The number of nitrogens with one attached hydrogen (secondary N) is 1. The monoisotopic (exact) mass is 420 g/mol. The van der Waals surface area contributed by atoms with Crippen LogP contribution in [0, 0.1) is 0 Å². The normalized spacial score (nSPS) is 11.3. The smallest absolute Gasteiger partial charge is 0.368 e. The molecule has 1 aromatic carbocycles. The van der Waals surface area contributed by atoms with Crippen molar-refractivity contribution in [1.29, 1.82) is 0 Å². The molecule has 1 aromatic heterocycles. The highest BCUT2D eigenvalue weighted by Crippen LogP contribution is 2.33. The zero-order valence-corrected chi connectivity index (χ0v) is 15.9. The fraction of sp³-hybridized carbons (Fsp3) is 0.333. The number of alkyl halides is 3. The number of hydrogen-bond donors (Lipinski definition) is 2. The number of nitrogens with zero attached hydrogens (tertiary/aromatic N) is 4. The van der Waals surface area contributed by atoms with Crippen LogP contribution in [0.2, 0.25) is 5.02 Å². The molecular formula is C15H16ClF3N6OS. The molecule has 0 saturated heterocycles. The summed E-state index contributed by atoms with van der Waals surface area (Å²) in [6.07, 6.45) is -4.53. The zero-order chi connectivity index (χ0) is 20.2. The number of benzene rings is 1. The van der Waals surface area contributed by atoms with Gasteiger partial charge in [0, 0.05) is 14.1 Å². The van der Waals surface area contributed by atoms with Gasteiger partial charge in [-0.15, -0.1) is 11.8 Å². The molecule has 146 valence electrons. The van der Waals surface area contributed by atoms with Crippen LogP contribution in [0.15, 0.2) is 18.2 Å². The quantitative estimate of drug-likeness (QED) is 0.741. The van der Waals surface area contributed by atoms with Crippen molar-refractivity contribution < 1.29 is 18.0 Å². The lowest BCUT2D eigenvalue weighted by Gasteiger charge is -2.12. The van der Waals surface area contributed by atoms with Crippen LogP contribution >= 0.6 is 23.4 Å². The van der Waals surface area contributed by atoms with Crippen LogP contribution in [0.3, 0.4) is 0 Å². The zero-order valence-electron chi connectivity index (χ0n) is 14.3. The molecule has 0 unspecified atom stereocenters. The molecule has 12 heteroatoms. The maximum absolute atomic E-state index is 12.8. The Labute approximate surface area is 162 Å². The summed E-state index contributed by atoms with van der Waals surface area (Å²) in [4.78, 5) is 25.8. The van der Waals surface area contributed by atoms with Crippen LogP contribution in [0.4, 0.5) is 30.8 Å². The summed E-state index contributed by atoms with van der Waals surface area (Å²) in [5.74, 6) is 0.576. The predicted octanol–water partition coefficient (Wildman–Crippen LogP) is 3.06. The molecule has 0 aliphatic rings. The second-order valence-corrected chi connectivity index (χ2v) is 6.93. The molecule has 0 aliphatic heterocycles. The van der Waals surface area contributed by atoms with E-state index in [0.29, 0.717) is 11.8 Å². The number of halogens is 4. The van der Waals surface area contributed by atoms with Crippen molar-refractivity contribution in [2.45, 2.75) is 11.9 Å². The molecule has 0 radical (unpaired) electrons. The molecular weight excluding hydrogens is 405 g/mol. The van der Waals surface area contributed by atoms with E-state index in [4.69, 9.17) is 17.3 Å². The van der Waals surface area contributed by atoms with Gasteiger partial charge in [0.1, 0.15) is 5.82 Å². The fourth-order valence-corrected chi connectivity index (χ4v) is 2.74. The van der Waals surface area contributed by atoms with E-state index in [-0.39, 0.29) is 28.2 Å². The minimum atomic E-state index is -4.53. The third-order valence-electron chi connectivity index (χ3n) is 3.12. The number of hydrogen-bond acceptors (Lipinski definition) is 7. The molecule has 0 atom stereocenters. The Morgan fingerprint density at radius 3 is 2.63 bits per heavy atom. The molecule has 2 rings (SSSR count). The van der Waals surface area contributed by atoms with E-state index >= 15 is 0 Å². The Morgan fingerprint density at radius 1 is 1.30 bits per heavy atom. The van der Waals surface area contributed by atoms with Crippen molar-refractivity contribution in [3.05, 3.63) is 34.6 Å². The largest absolute Gasteiger partial charge is 0.416 e. The lowest BCUT2D eigenvalue weighted by Crippen LogP contribution is -2.17. The standard InChI is InChI=1S/C15H16ClF3N6OS/c1-25(2)14-23-11(22-13(20)24-14)6-27-7-12(26)21-10-5-8(15(17,18)19)3-4-9(10)16/h3-5H,6-7H2,1-2H3,(H,21,26)(H2,20,22,23,24). The number of rotatable bonds is 6. The van der Waals surface area contributed by atoms with E-state index < -0.39 is 17.6 Å². The second kappa shape index (κ2) is 8.61. The molecule has 0 fully saturated rings. The number of carbonyl (C=O) groups is 1. The lowest BCUT2D eigenvalue weighted by molar-refractivity contribution is -0.137. The summed E-state index contributed by atoms with van der Waals surface area (Å²) in [5.41, 5.74) is 4.62. The Balaban J connectivity index is 1.96. The molecule has 0 bridgehead atoms. The van der Waals surface area contributed by atoms with Gasteiger partial charge in [-0.2, -0.15) is 28.1 Å². The van der Waals surface area contributed by atoms with E-state index in [1.807, 2.05) is 0 Å². The van der Waals surface area contributed by atoms with Gasteiger partial charge in [0.15, 0.2) is 0 Å². The lowest BCUT2D eigenvalue weighted by atomic mass is 10.2. The fourth-order valence-electron chi connectivity index (χ4n) is 1.91. The molecule has 1 heterocycles. The molecule has 2 aromatic rings. The first kappa shape index (κ1) is 21.0. The number of thioether (sulfide) groups is 1. The average molecular weight is 421 g/mol. The van der Waals surface area contributed by atoms with Gasteiger partial charge in [-0.1, -0.05) is 11.6 Å². The van der Waals surface area contributed by atoms with Crippen LogP contribution in [0.5, 0.6) is 0 Å². The number of carbonyl (C=O) groups excluding carboxylic acids is 1. The Kier molecular flexibility index (Phi) is 6.71. The van der Waals surface area contributed by atoms with Crippen LogP contribution in [0.1, 0.15) is 11.4 Å². The number of aromatic nitrogens is 3. The van der Waals surface area contributed by atoms with Crippen molar-refractivity contribution in [3.63, 3.8) is 0 Å². The third kappa shape index (κ3) is 6.14. The summed E-state index contributed by atoms with van der Waals surface area (Å²) in [6, 6.07) is 2.73. The van der Waals surface area contributed by atoms with Gasteiger partial charge in [0.2, 0.25) is 17.8 Å². The number of nitrogens with two attached hydrogens (primary N) is 1. The highest BCUT2D eigenvalue weighted by molar-refractivity contribution is 7.99. The van der Waals surface area contributed by atoms with E-state index in [2.05, 4.69) is 20.3 Å². The summed E-state index contributed by atoms with van der Waals surface area (Å²) < 4.78 is 38.3. The summed E-state index contributed by atoms with van der Waals surface area (Å²) >= 11 is 7.02. The number of nitrogen functional groups attached to an aromatic ring is 1. The topological polar surface area (TPSA) is 97.0 Å². The van der Waals surface area contributed by atoms with Gasteiger partial charge in [-0.25, -0.2) is 0 Å². The van der Waals surface area contributed by atoms with E-state index in [0.717, 1.165) is 18.2 Å². The minimum Gasteiger partial charge on any atom is -0.368 e. The highest BCUT2D eigenvalue weighted by Gasteiger charge is 2.31. The Morgan fingerprint density at radius 2 is 2.00 bits per heavy atom.